The minimum atomic E-state index is 0.678. The zero-order valence-electron chi connectivity index (χ0n) is 15.8. The zero-order chi connectivity index (χ0) is 16.3. The van der Waals surface area contributed by atoms with Crippen LogP contribution in [0.5, 0.6) is 0 Å². The molecule has 0 aliphatic carbocycles. The lowest BCUT2D eigenvalue weighted by Gasteiger charge is -2.27. The molecule has 22 heavy (non-hydrogen) atoms. The topological polar surface area (TPSA) is 6.48 Å². The van der Waals surface area contributed by atoms with Crippen molar-refractivity contribution in [3.8, 4) is 0 Å². The molecule has 0 aromatic rings. The highest BCUT2D eigenvalue weighted by Gasteiger charge is 2.28. The van der Waals surface area contributed by atoms with Crippen molar-refractivity contribution >= 4 is 0 Å². The van der Waals surface area contributed by atoms with Gasteiger partial charge in [-0.05, 0) is 64.3 Å². The maximum absolute atomic E-state index is 2.74. The van der Waals surface area contributed by atoms with E-state index in [1.165, 1.54) is 38.9 Å². The lowest BCUT2D eigenvalue weighted by atomic mass is 9.94. The molecule has 1 fully saturated rings. The van der Waals surface area contributed by atoms with Crippen molar-refractivity contribution in [1.82, 2.24) is 9.80 Å². The van der Waals surface area contributed by atoms with Gasteiger partial charge in [0.05, 0.1) is 0 Å². The first-order chi connectivity index (χ1) is 10.4. The third-order valence-electron chi connectivity index (χ3n) is 6.18. The molecule has 0 saturated carbocycles. The lowest BCUT2D eigenvalue weighted by molar-refractivity contribution is 0.220. The van der Waals surface area contributed by atoms with Gasteiger partial charge in [0, 0.05) is 31.7 Å². The molecule has 2 aliphatic heterocycles. The molecule has 0 aromatic heterocycles. The van der Waals surface area contributed by atoms with Crippen molar-refractivity contribution in [2.24, 2.45) is 17.8 Å². The van der Waals surface area contributed by atoms with Gasteiger partial charge in [-0.2, -0.15) is 0 Å². The van der Waals surface area contributed by atoms with Crippen molar-refractivity contribution in [3.63, 3.8) is 0 Å². The fourth-order valence-electron chi connectivity index (χ4n) is 3.97. The molecule has 0 amide bonds. The van der Waals surface area contributed by atoms with E-state index in [4.69, 9.17) is 0 Å². The van der Waals surface area contributed by atoms with Crippen LogP contribution >= 0.6 is 0 Å². The second-order valence-corrected chi connectivity index (χ2v) is 8.42. The van der Waals surface area contributed by atoms with Gasteiger partial charge < -0.3 is 4.90 Å². The number of hydrogen-bond acceptors (Lipinski definition) is 2. The van der Waals surface area contributed by atoms with Crippen molar-refractivity contribution in [2.45, 2.75) is 72.9 Å². The van der Waals surface area contributed by atoms with Crippen molar-refractivity contribution < 1.29 is 0 Å². The Hall–Kier alpha value is -0.340. The first kappa shape index (κ1) is 18.0. The van der Waals surface area contributed by atoms with Gasteiger partial charge in [-0.1, -0.05) is 32.4 Å². The van der Waals surface area contributed by atoms with Crippen LogP contribution in [-0.2, 0) is 0 Å². The Kier molecular flexibility index (Phi) is 6.52. The Balaban J connectivity index is 1.72. The Morgan fingerprint density at radius 1 is 1.05 bits per heavy atom. The summed E-state index contributed by atoms with van der Waals surface area (Å²) in [6, 6.07) is 1.44. The van der Waals surface area contributed by atoms with Crippen LogP contribution in [0.4, 0.5) is 0 Å². The molecular formula is C20H38N2. The van der Waals surface area contributed by atoms with Crippen LogP contribution in [0.3, 0.4) is 0 Å². The first-order valence-electron chi connectivity index (χ1n) is 9.55. The molecular weight excluding hydrogens is 268 g/mol. The van der Waals surface area contributed by atoms with Crippen LogP contribution in [0.25, 0.3) is 0 Å². The van der Waals surface area contributed by atoms with Gasteiger partial charge in [0.25, 0.3) is 0 Å². The molecule has 0 N–H and O–H groups in total. The summed E-state index contributed by atoms with van der Waals surface area (Å²) in [4.78, 5) is 5.31. The molecule has 0 bridgehead atoms. The second-order valence-electron chi connectivity index (χ2n) is 8.42. The summed E-state index contributed by atoms with van der Waals surface area (Å²) in [7, 11) is 0. The van der Waals surface area contributed by atoms with Crippen molar-refractivity contribution in [2.75, 3.05) is 26.2 Å². The van der Waals surface area contributed by atoms with Crippen molar-refractivity contribution in [3.05, 3.63) is 11.6 Å². The molecule has 0 radical (unpaired) electrons. The lowest BCUT2D eigenvalue weighted by Crippen LogP contribution is -2.32. The number of nitrogens with zero attached hydrogens (tertiary/aromatic N) is 2. The predicted molar refractivity (Wildman–Crippen MR) is 97.2 cm³/mol. The highest BCUT2D eigenvalue weighted by Crippen LogP contribution is 2.28. The summed E-state index contributed by atoms with van der Waals surface area (Å²) >= 11 is 0. The fourth-order valence-corrected chi connectivity index (χ4v) is 3.97. The van der Waals surface area contributed by atoms with E-state index >= 15 is 0 Å². The summed E-state index contributed by atoms with van der Waals surface area (Å²) in [5, 5.41) is 0. The Morgan fingerprint density at radius 3 is 2.32 bits per heavy atom. The summed E-state index contributed by atoms with van der Waals surface area (Å²) in [6.45, 7) is 19.3. The SMILES string of the molecule is CC(CCC(C)N1CCC(C(C)C)C1)C1=CCN(C(C)C)C1. The molecule has 2 rings (SSSR count). The van der Waals surface area contributed by atoms with Crippen LogP contribution in [0.15, 0.2) is 11.6 Å². The standard InChI is InChI=1S/C20H38N2/c1-15(2)19-9-12-22(13-19)18(6)8-7-17(5)20-10-11-21(14-20)16(3)4/h10,15-19H,7-9,11-14H2,1-6H3. The highest BCUT2D eigenvalue weighted by molar-refractivity contribution is 5.15. The van der Waals surface area contributed by atoms with Crippen LogP contribution in [0.1, 0.15) is 60.8 Å². The maximum atomic E-state index is 2.74. The molecule has 0 aromatic carbocycles. The van der Waals surface area contributed by atoms with E-state index in [-0.39, 0.29) is 0 Å². The smallest absolute Gasteiger partial charge is 0.0202 e. The number of hydrogen-bond donors (Lipinski definition) is 0. The van der Waals surface area contributed by atoms with E-state index in [0.29, 0.717) is 6.04 Å². The summed E-state index contributed by atoms with van der Waals surface area (Å²) < 4.78 is 0. The fraction of sp³-hybridized carbons (Fsp3) is 0.900. The zero-order valence-corrected chi connectivity index (χ0v) is 15.8. The third-order valence-corrected chi connectivity index (χ3v) is 6.18. The number of likely N-dealkylation sites (tertiary alicyclic amines) is 1. The molecule has 2 aliphatic rings. The van der Waals surface area contributed by atoms with Crippen LogP contribution in [0, 0.1) is 17.8 Å². The average Bonchev–Trinajstić information content (AvgIpc) is 3.12. The minimum absolute atomic E-state index is 0.678. The van der Waals surface area contributed by atoms with Gasteiger partial charge in [-0.25, -0.2) is 0 Å². The molecule has 2 heteroatoms. The first-order valence-corrected chi connectivity index (χ1v) is 9.55. The van der Waals surface area contributed by atoms with E-state index < -0.39 is 0 Å². The van der Waals surface area contributed by atoms with Crippen LogP contribution in [0.2, 0.25) is 0 Å². The van der Waals surface area contributed by atoms with Gasteiger partial charge in [0.2, 0.25) is 0 Å². The average molecular weight is 307 g/mol. The van der Waals surface area contributed by atoms with Gasteiger partial charge >= 0.3 is 0 Å². The van der Waals surface area contributed by atoms with E-state index in [2.05, 4.69) is 57.4 Å². The van der Waals surface area contributed by atoms with E-state index in [1.54, 1.807) is 5.57 Å². The second kappa shape index (κ2) is 7.97. The van der Waals surface area contributed by atoms with E-state index in [0.717, 1.165) is 30.3 Å². The summed E-state index contributed by atoms with van der Waals surface area (Å²) in [6.07, 6.45) is 6.60. The summed E-state index contributed by atoms with van der Waals surface area (Å²) in [5.41, 5.74) is 1.68. The van der Waals surface area contributed by atoms with E-state index in [1.807, 2.05) is 0 Å². The molecule has 0 spiro atoms. The van der Waals surface area contributed by atoms with Crippen LogP contribution in [-0.4, -0.2) is 48.1 Å². The largest absolute Gasteiger partial charge is 0.300 e. The van der Waals surface area contributed by atoms with Gasteiger partial charge in [0.15, 0.2) is 0 Å². The summed E-state index contributed by atoms with van der Waals surface area (Å²) in [5.74, 6) is 2.54. The number of rotatable bonds is 7. The monoisotopic (exact) mass is 306 g/mol. The van der Waals surface area contributed by atoms with Gasteiger partial charge in [-0.15, -0.1) is 0 Å². The quantitative estimate of drug-likeness (QED) is 0.642. The molecule has 128 valence electrons. The Morgan fingerprint density at radius 2 is 1.77 bits per heavy atom. The predicted octanol–water partition coefficient (Wildman–Crippen LogP) is 4.42. The Labute approximate surface area is 138 Å². The van der Waals surface area contributed by atoms with Crippen LogP contribution < -0.4 is 0 Å². The van der Waals surface area contributed by atoms with Crippen molar-refractivity contribution in [1.29, 1.82) is 0 Å². The van der Waals surface area contributed by atoms with Gasteiger partial charge in [0.1, 0.15) is 0 Å². The van der Waals surface area contributed by atoms with Gasteiger partial charge in [-0.3, -0.25) is 4.90 Å². The molecule has 3 atom stereocenters. The highest BCUT2D eigenvalue weighted by atomic mass is 15.2. The minimum Gasteiger partial charge on any atom is -0.300 e. The molecule has 3 unspecified atom stereocenters. The Bertz CT molecular complexity index is 372. The molecule has 2 heterocycles. The molecule has 2 nitrogen and oxygen atoms in total. The van der Waals surface area contributed by atoms with E-state index in [9.17, 15) is 0 Å². The molecule has 1 saturated heterocycles. The maximum Gasteiger partial charge on any atom is 0.0202 e. The third kappa shape index (κ3) is 4.58. The normalized spacial score (nSPS) is 26.9.